The van der Waals surface area contributed by atoms with Crippen molar-refractivity contribution in [2.45, 2.75) is 38.8 Å². The molecule has 0 bridgehead atoms. The number of halogens is 1. The molecule has 1 aliphatic heterocycles. The lowest BCUT2D eigenvalue weighted by Gasteiger charge is -2.22. The number of nitrogens with one attached hydrogen (secondary N) is 1. The largest absolute Gasteiger partial charge is 0.481 e. The minimum Gasteiger partial charge on any atom is -0.481 e. The lowest BCUT2D eigenvalue weighted by atomic mass is 10.0. The van der Waals surface area contributed by atoms with Crippen LogP contribution < -0.4 is 5.32 Å². The van der Waals surface area contributed by atoms with E-state index in [1.807, 2.05) is 13.8 Å². The first-order chi connectivity index (χ1) is 11.3. The van der Waals surface area contributed by atoms with Crippen molar-refractivity contribution in [2.24, 2.45) is 5.92 Å². The maximum absolute atomic E-state index is 13.0. The van der Waals surface area contributed by atoms with Gasteiger partial charge in [-0.25, -0.2) is 4.39 Å². The monoisotopic (exact) mass is 336 g/mol. The Morgan fingerprint density at radius 1 is 1.33 bits per heavy atom. The second-order valence-electron chi connectivity index (χ2n) is 6.25. The van der Waals surface area contributed by atoms with Crippen molar-refractivity contribution in [2.75, 3.05) is 6.54 Å². The van der Waals surface area contributed by atoms with Gasteiger partial charge in [0.15, 0.2) is 0 Å². The highest BCUT2D eigenvalue weighted by Crippen LogP contribution is 2.23. The molecule has 0 unspecified atom stereocenters. The minimum absolute atomic E-state index is 0.0159. The van der Waals surface area contributed by atoms with E-state index in [1.54, 1.807) is 4.90 Å². The van der Waals surface area contributed by atoms with Crippen LogP contribution in [-0.2, 0) is 14.4 Å². The Kier molecular flexibility index (Phi) is 5.54. The Balaban J connectivity index is 2.09. The summed E-state index contributed by atoms with van der Waals surface area (Å²) in [5, 5.41) is 11.7. The van der Waals surface area contributed by atoms with Gasteiger partial charge in [0, 0.05) is 19.0 Å². The summed E-state index contributed by atoms with van der Waals surface area (Å²) in [6, 6.07) is 4.58. The van der Waals surface area contributed by atoms with Crippen LogP contribution in [-0.4, -0.2) is 40.4 Å². The van der Waals surface area contributed by atoms with E-state index in [-0.39, 0.29) is 30.7 Å². The third-order valence-electron chi connectivity index (χ3n) is 4.12. The first-order valence-corrected chi connectivity index (χ1v) is 7.85. The van der Waals surface area contributed by atoms with Gasteiger partial charge in [0.2, 0.25) is 11.8 Å². The second-order valence-corrected chi connectivity index (χ2v) is 6.25. The van der Waals surface area contributed by atoms with Crippen molar-refractivity contribution in [3.63, 3.8) is 0 Å². The van der Waals surface area contributed by atoms with E-state index in [2.05, 4.69) is 5.32 Å². The van der Waals surface area contributed by atoms with Crippen LogP contribution in [0, 0.1) is 11.7 Å². The van der Waals surface area contributed by atoms with Gasteiger partial charge >= 0.3 is 5.97 Å². The summed E-state index contributed by atoms with van der Waals surface area (Å²) in [4.78, 5) is 37.0. The molecule has 1 aromatic rings. The topological polar surface area (TPSA) is 86.7 Å². The summed E-state index contributed by atoms with van der Waals surface area (Å²) in [6.45, 7) is 4.08. The molecule has 0 aromatic heterocycles. The molecule has 1 fully saturated rings. The Hall–Kier alpha value is -2.44. The van der Waals surface area contributed by atoms with Crippen LogP contribution in [0.25, 0.3) is 0 Å². The number of carboxylic acid groups (broad SMARTS) is 1. The van der Waals surface area contributed by atoms with E-state index in [4.69, 9.17) is 5.11 Å². The standard InChI is InChI=1S/C17H21FN2O4/c1-10(2)20-9-12(7-15(20)21)17(24)19-14(8-16(22)23)11-3-5-13(18)6-4-11/h3-6,10,12,14H,7-9H2,1-2H3,(H,19,24)(H,22,23)/t12-,14-/m0/s1. The highest BCUT2D eigenvalue weighted by Gasteiger charge is 2.36. The SMILES string of the molecule is CC(C)N1C[C@@H](C(=O)N[C@@H](CC(=O)O)c2ccc(F)cc2)CC1=O. The number of amides is 2. The summed E-state index contributed by atoms with van der Waals surface area (Å²) >= 11 is 0. The number of hydrogen-bond acceptors (Lipinski definition) is 3. The molecule has 24 heavy (non-hydrogen) atoms. The molecule has 130 valence electrons. The van der Waals surface area contributed by atoms with E-state index < -0.39 is 23.7 Å². The lowest BCUT2D eigenvalue weighted by molar-refractivity contribution is -0.138. The zero-order chi connectivity index (χ0) is 17.9. The fourth-order valence-corrected chi connectivity index (χ4v) is 2.82. The number of carbonyl (C=O) groups is 3. The quantitative estimate of drug-likeness (QED) is 0.828. The van der Waals surface area contributed by atoms with Gasteiger partial charge in [-0.05, 0) is 31.5 Å². The zero-order valence-electron chi connectivity index (χ0n) is 13.7. The Morgan fingerprint density at radius 3 is 2.46 bits per heavy atom. The van der Waals surface area contributed by atoms with Gasteiger partial charge in [0.25, 0.3) is 0 Å². The molecule has 6 nitrogen and oxygen atoms in total. The summed E-state index contributed by atoms with van der Waals surface area (Å²) in [7, 11) is 0. The van der Waals surface area contributed by atoms with Gasteiger partial charge in [0.05, 0.1) is 18.4 Å². The van der Waals surface area contributed by atoms with Crippen LogP contribution in [0.4, 0.5) is 4.39 Å². The van der Waals surface area contributed by atoms with E-state index in [0.717, 1.165) is 0 Å². The Bertz CT molecular complexity index is 630. The van der Waals surface area contributed by atoms with Crippen molar-refractivity contribution >= 4 is 17.8 Å². The predicted molar refractivity (Wildman–Crippen MR) is 84.5 cm³/mol. The molecule has 1 saturated heterocycles. The van der Waals surface area contributed by atoms with Crippen molar-refractivity contribution in [1.29, 1.82) is 0 Å². The van der Waals surface area contributed by atoms with Crippen molar-refractivity contribution in [3.8, 4) is 0 Å². The Labute approximate surface area is 139 Å². The number of carbonyl (C=O) groups excluding carboxylic acids is 2. The molecule has 7 heteroatoms. The molecule has 2 rings (SSSR count). The highest BCUT2D eigenvalue weighted by atomic mass is 19.1. The average molecular weight is 336 g/mol. The van der Waals surface area contributed by atoms with Crippen molar-refractivity contribution in [1.82, 2.24) is 10.2 Å². The molecular weight excluding hydrogens is 315 g/mol. The van der Waals surface area contributed by atoms with Gasteiger partial charge in [-0.15, -0.1) is 0 Å². The molecule has 0 radical (unpaired) electrons. The molecule has 1 aliphatic rings. The van der Waals surface area contributed by atoms with Crippen LogP contribution in [0.1, 0.15) is 38.3 Å². The molecule has 0 aliphatic carbocycles. The minimum atomic E-state index is -1.07. The van der Waals surface area contributed by atoms with Gasteiger partial charge in [-0.1, -0.05) is 12.1 Å². The maximum atomic E-state index is 13.0. The van der Waals surface area contributed by atoms with Crippen LogP contribution in [0.3, 0.4) is 0 Å². The number of carboxylic acids is 1. The number of benzene rings is 1. The number of hydrogen-bond donors (Lipinski definition) is 2. The summed E-state index contributed by atoms with van der Waals surface area (Å²) in [5.41, 5.74) is 0.511. The molecule has 0 spiro atoms. The lowest BCUT2D eigenvalue weighted by Crippen LogP contribution is -2.37. The van der Waals surface area contributed by atoms with E-state index in [1.165, 1.54) is 24.3 Å². The van der Waals surface area contributed by atoms with Gasteiger partial charge in [-0.2, -0.15) is 0 Å². The van der Waals surface area contributed by atoms with E-state index in [0.29, 0.717) is 12.1 Å². The van der Waals surface area contributed by atoms with E-state index in [9.17, 15) is 18.8 Å². The summed E-state index contributed by atoms with van der Waals surface area (Å²) < 4.78 is 13.0. The first kappa shape index (κ1) is 17.9. The first-order valence-electron chi connectivity index (χ1n) is 7.85. The molecule has 0 saturated carbocycles. The van der Waals surface area contributed by atoms with Gasteiger partial charge < -0.3 is 15.3 Å². The fourth-order valence-electron chi connectivity index (χ4n) is 2.82. The third-order valence-corrected chi connectivity index (χ3v) is 4.12. The average Bonchev–Trinajstić information content (AvgIpc) is 2.89. The predicted octanol–water partition coefficient (Wildman–Crippen LogP) is 1.71. The van der Waals surface area contributed by atoms with Crippen molar-refractivity contribution < 1.29 is 23.9 Å². The van der Waals surface area contributed by atoms with Crippen LogP contribution in [0.15, 0.2) is 24.3 Å². The fraction of sp³-hybridized carbons (Fsp3) is 0.471. The molecule has 2 N–H and O–H groups in total. The molecular formula is C17H21FN2O4. The number of nitrogens with zero attached hydrogens (tertiary/aromatic N) is 1. The van der Waals surface area contributed by atoms with Crippen LogP contribution in [0.2, 0.25) is 0 Å². The van der Waals surface area contributed by atoms with Crippen LogP contribution >= 0.6 is 0 Å². The number of likely N-dealkylation sites (tertiary alicyclic amines) is 1. The summed E-state index contributed by atoms with van der Waals surface area (Å²) in [5.74, 6) is -2.45. The number of rotatable bonds is 6. The molecule has 2 amide bonds. The summed E-state index contributed by atoms with van der Waals surface area (Å²) in [6.07, 6.45) is -0.195. The Morgan fingerprint density at radius 2 is 1.96 bits per heavy atom. The highest BCUT2D eigenvalue weighted by molar-refractivity contribution is 5.89. The van der Waals surface area contributed by atoms with Crippen LogP contribution in [0.5, 0.6) is 0 Å². The molecule has 2 atom stereocenters. The van der Waals surface area contributed by atoms with Crippen molar-refractivity contribution in [3.05, 3.63) is 35.6 Å². The molecule has 1 aromatic carbocycles. The number of aliphatic carboxylic acids is 1. The zero-order valence-corrected chi connectivity index (χ0v) is 13.7. The second kappa shape index (κ2) is 7.42. The van der Waals surface area contributed by atoms with E-state index >= 15 is 0 Å². The molecule has 1 heterocycles. The normalized spacial score (nSPS) is 18.8. The van der Waals surface area contributed by atoms with Gasteiger partial charge in [0.1, 0.15) is 5.82 Å². The van der Waals surface area contributed by atoms with Gasteiger partial charge in [-0.3, -0.25) is 14.4 Å². The smallest absolute Gasteiger partial charge is 0.305 e. The maximum Gasteiger partial charge on any atom is 0.305 e. The third kappa shape index (κ3) is 4.31.